The van der Waals surface area contributed by atoms with Crippen molar-refractivity contribution in [2.75, 3.05) is 43.5 Å². The molecule has 7 nitrogen and oxygen atoms in total. The van der Waals surface area contributed by atoms with Gasteiger partial charge in [0.25, 0.3) is 0 Å². The highest BCUT2D eigenvalue weighted by Crippen LogP contribution is 2.31. The Labute approximate surface area is 151 Å². The van der Waals surface area contributed by atoms with Gasteiger partial charge in [-0.3, -0.25) is 0 Å². The van der Waals surface area contributed by atoms with E-state index in [1.165, 1.54) is 0 Å². The number of rotatable bonds is 3. The van der Waals surface area contributed by atoms with Gasteiger partial charge in [-0.15, -0.1) is 0 Å². The van der Waals surface area contributed by atoms with Crippen molar-refractivity contribution in [2.45, 2.75) is 6.92 Å². The Hall–Kier alpha value is -2.54. The summed E-state index contributed by atoms with van der Waals surface area (Å²) in [6, 6.07) is 5.15. The zero-order valence-electron chi connectivity index (χ0n) is 14.2. The van der Waals surface area contributed by atoms with Gasteiger partial charge in [0.15, 0.2) is 0 Å². The first-order valence-electron chi connectivity index (χ1n) is 8.00. The summed E-state index contributed by atoms with van der Waals surface area (Å²) in [6.45, 7) is 4.45. The van der Waals surface area contributed by atoms with E-state index in [0.717, 1.165) is 5.56 Å². The predicted molar refractivity (Wildman–Crippen MR) is 97.6 cm³/mol. The quantitative estimate of drug-likeness (QED) is 0.910. The Bertz CT molecular complexity index is 748. The molecule has 132 valence electrons. The molecule has 1 saturated heterocycles. The second-order valence-electron chi connectivity index (χ2n) is 5.75. The van der Waals surface area contributed by atoms with Gasteiger partial charge in [-0.2, -0.15) is 0 Å². The molecule has 1 aliphatic rings. The molecule has 1 N–H and O–H groups in total. The maximum absolute atomic E-state index is 12.6. The van der Waals surface area contributed by atoms with Crippen LogP contribution in [0.25, 0.3) is 0 Å². The number of aryl methyl sites for hydroxylation is 1. The summed E-state index contributed by atoms with van der Waals surface area (Å²) in [4.78, 5) is 24.9. The Morgan fingerprint density at radius 1 is 1.20 bits per heavy atom. The average molecular weight is 362 g/mol. The van der Waals surface area contributed by atoms with E-state index < -0.39 is 0 Å². The molecule has 0 spiro atoms. The average Bonchev–Trinajstić information content (AvgIpc) is 2.65. The molecule has 8 heteroatoms. The lowest BCUT2D eigenvalue weighted by Crippen LogP contribution is -2.50. The van der Waals surface area contributed by atoms with Crippen LogP contribution < -0.4 is 15.0 Å². The summed E-state index contributed by atoms with van der Waals surface area (Å²) >= 11 is 6.10. The van der Waals surface area contributed by atoms with Crippen molar-refractivity contribution in [2.24, 2.45) is 0 Å². The first kappa shape index (κ1) is 17.3. The van der Waals surface area contributed by atoms with Gasteiger partial charge in [-0.05, 0) is 24.6 Å². The number of urea groups is 1. The summed E-state index contributed by atoms with van der Waals surface area (Å²) in [5.41, 5.74) is 1.49. The number of anilines is 2. The topological polar surface area (TPSA) is 70.6 Å². The van der Waals surface area contributed by atoms with Gasteiger partial charge in [0.2, 0.25) is 5.95 Å². The lowest BCUT2D eigenvalue weighted by Gasteiger charge is -2.34. The first-order valence-corrected chi connectivity index (χ1v) is 8.38. The normalized spacial score (nSPS) is 14.4. The number of halogens is 1. The molecule has 1 fully saturated rings. The van der Waals surface area contributed by atoms with Crippen molar-refractivity contribution in [1.82, 2.24) is 14.9 Å². The molecular weight excluding hydrogens is 342 g/mol. The van der Waals surface area contributed by atoms with Crippen LogP contribution in [-0.2, 0) is 0 Å². The zero-order valence-corrected chi connectivity index (χ0v) is 15.0. The van der Waals surface area contributed by atoms with E-state index in [4.69, 9.17) is 16.3 Å². The molecule has 1 aromatic carbocycles. The monoisotopic (exact) mass is 361 g/mol. The standard InChI is InChI=1S/C17H20ClN5O2/c1-12-10-14(15(25-2)11-13(12)18)21-17(24)23-8-6-22(7-9-23)16-19-4-3-5-20-16/h3-5,10-11H,6-9H2,1-2H3,(H,21,24). The third-order valence-corrected chi connectivity index (χ3v) is 4.53. The number of ether oxygens (including phenoxy) is 1. The molecule has 3 rings (SSSR count). The van der Waals surface area contributed by atoms with Crippen LogP contribution in [0.4, 0.5) is 16.4 Å². The molecular formula is C17H20ClN5O2. The van der Waals surface area contributed by atoms with Crippen LogP contribution in [0.3, 0.4) is 0 Å². The van der Waals surface area contributed by atoms with Crippen molar-refractivity contribution in [3.63, 3.8) is 0 Å². The summed E-state index contributed by atoms with van der Waals surface area (Å²) in [5.74, 6) is 1.23. The molecule has 0 saturated carbocycles. The van der Waals surface area contributed by atoms with E-state index in [2.05, 4.69) is 20.2 Å². The molecule has 0 bridgehead atoms. The Morgan fingerprint density at radius 3 is 2.52 bits per heavy atom. The SMILES string of the molecule is COc1cc(Cl)c(C)cc1NC(=O)N1CCN(c2ncccn2)CC1. The van der Waals surface area contributed by atoms with Crippen LogP contribution >= 0.6 is 11.6 Å². The molecule has 0 radical (unpaired) electrons. The molecule has 2 aromatic rings. The van der Waals surface area contributed by atoms with Crippen molar-refractivity contribution in [3.05, 3.63) is 41.2 Å². The van der Waals surface area contributed by atoms with Crippen molar-refractivity contribution in [3.8, 4) is 5.75 Å². The first-order chi connectivity index (χ1) is 12.1. The number of nitrogens with one attached hydrogen (secondary N) is 1. The van der Waals surface area contributed by atoms with Crippen molar-refractivity contribution >= 4 is 29.3 Å². The third kappa shape index (κ3) is 3.93. The number of amides is 2. The van der Waals surface area contributed by atoms with Crippen LogP contribution in [-0.4, -0.2) is 54.2 Å². The number of hydrogen-bond acceptors (Lipinski definition) is 5. The summed E-state index contributed by atoms with van der Waals surface area (Å²) in [7, 11) is 1.55. The van der Waals surface area contributed by atoms with Crippen LogP contribution in [0, 0.1) is 6.92 Å². The number of aromatic nitrogens is 2. The molecule has 1 aromatic heterocycles. The van der Waals surface area contributed by atoms with Gasteiger partial charge in [-0.25, -0.2) is 14.8 Å². The molecule has 2 heterocycles. The number of nitrogens with zero attached hydrogens (tertiary/aromatic N) is 4. The van der Waals surface area contributed by atoms with Gasteiger partial charge in [-0.1, -0.05) is 11.6 Å². The number of benzene rings is 1. The number of carbonyl (C=O) groups is 1. The van der Waals surface area contributed by atoms with Gasteiger partial charge in [0, 0.05) is 49.7 Å². The predicted octanol–water partition coefficient (Wildman–Crippen LogP) is 2.80. The smallest absolute Gasteiger partial charge is 0.322 e. The van der Waals surface area contributed by atoms with Crippen LogP contribution in [0.1, 0.15) is 5.56 Å². The summed E-state index contributed by atoms with van der Waals surface area (Å²) in [5, 5.41) is 3.51. The Morgan fingerprint density at radius 2 is 1.88 bits per heavy atom. The Balaban J connectivity index is 1.63. The van der Waals surface area contributed by atoms with Crippen LogP contribution in [0.5, 0.6) is 5.75 Å². The van der Waals surface area contributed by atoms with E-state index >= 15 is 0 Å². The van der Waals surface area contributed by atoms with Crippen LogP contribution in [0.2, 0.25) is 5.02 Å². The molecule has 25 heavy (non-hydrogen) atoms. The maximum atomic E-state index is 12.6. The maximum Gasteiger partial charge on any atom is 0.322 e. The number of piperazine rings is 1. The summed E-state index contributed by atoms with van der Waals surface area (Å²) < 4.78 is 5.30. The lowest BCUT2D eigenvalue weighted by molar-refractivity contribution is 0.208. The fraction of sp³-hybridized carbons (Fsp3) is 0.353. The number of carbonyl (C=O) groups excluding carboxylic acids is 1. The van der Waals surface area contributed by atoms with Crippen molar-refractivity contribution in [1.29, 1.82) is 0 Å². The molecule has 2 amide bonds. The highest BCUT2D eigenvalue weighted by Gasteiger charge is 2.23. The highest BCUT2D eigenvalue weighted by molar-refractivity contribution is 6.31. The number of methoxy groups -OCH3 is 1. The second-order valence-corrected chi connectivity index (χ2v) is 6.16. The highest BCUT2D eigenvalue weighted by atomic mass is 35.5. The number of hydrogen-bond donors (Lipinski definition) is 1. The minimum atomic E-state index is -0.159. The van der Waals surface area contributed by atoms with E-state index in [9.17, 15) is 4.79 Å². The van der Waals surface area contributed by atoms with E-state index in [-0.39, 0.29) is 6.03 Å². The lowest BCUT2D eigenvalue weighted by atomic mass is 10.2. The van der Waals surface area contributed by atoms with E-state index in [1.807, 2.05) is 13.0 Å². The Kier molecular flexibility index (Phi) is 5.23. The third-order valence-electron chi connectivity index (χ3n) is 4.12. The fourth-order valence-electron chi connectivity index (χ4n) is 2.69. The molecule has 0 atom stereocenters. The zero-order chi connectivity index (χ0) is 17.8. The second kappa shape index (κ2) is 7.57. The minimum Gasteiger partial charge on any atom is -0.495 e. The van der Waals surface area contributed by atoms with Crippen LogP contribution in [0.15, 0.2) is 30.6 Å². The molecule has 0 aliphatic carbocycles. The largest absolute Gasteiger partial charge is 0.495 e. The molecule has 0 unspecified atom stereocenters. The minimum absolute atomic E-state index is 0.159. The van der Waals surface area contributed by atoms with Gasteiger partial charge >= 0.3 is 6.03 Å². The van der Waals surface area contributed by atoms with Gasteiger partial charge in [0.05, 0.1) is 12.8 Å². The molecule has 1 aliphatic heterocycles. The summed E-state index contributed by atoms with van der Waals surface area (Å²) in [6.07, 6.45) is 3.44. The van der Waals surface area contributed by atoms with Gasteiger partial charge < -0.3 is 19.9 Å². The van der Waals surface area contributed by atoms with E-state index in [0.29, 0.717) is 48.6 Å². The van der Waals surface area contributed by atoms with E-state index in [1.54, 1.807) is 36.5 Å². The van der Waals surface area contributed by atoms with Gasteiger partial charge in [0.1, 0.15) is 5.75 Å². The fourth-order valence-corrected chi connectivity index (χ4v) is 2.84. The van der Waals surface area contributed by atoms with Crippen molar-refractivity contribution < 1.29 is 9.53 Å².